The van der Waals surface area contributed by atoms with Crippen molar-refractivity contribution in [2.75, 3.05) is 12.5 Å². The number of nitrogens with one attached hydrogen (secondary N) is 2. The number of H-pyrrole nitrogens is 1. The number of benzene rings is 1. The predicted octanol–water partition coefficient (Wildman–Crippen LogP) is 0.0499. The smallest absolute Gasteiger partial charge is 0.274 e. The van der Waals surface area contributed by atoms with E-state index in [1.807, 2.05) is 24.3 Å². The van der Waals surface area contributed by atoms with Gasteiger partial charge in [0.2, 0.25) is 5.95 Å². The van der Waals surface area contributed by atoms with Crippen LogP contribution in [-0.2, 0) is 6.42 Å². The average molecular weight is 247 g/mol. The first kappa shape index (κ1) is 12.1. The van der Waals surface area contributed by atoms with Crippen LogP contribution in [0.3, 0.4) is 0 Å². The van der Waals surface area contributed by atoms with Crippen LogP contribution in [-0.4, -0.2) is 22.3 Å². The fourth-order valence-corrected chi connectivity index (χ4v) is 1.57. The van der Waals surface area contributed by atoms with E-state index in [1.54, 1.807) is 7.11 Å². The molecule has 0 aliphatic carbocycles. The van der Waals surface area contributed by atoms with Crippen LogP contribution in [0.15, 0.2) is 29.1 Å². The molecule has 0 aliphatic rings. The number of anilines is 1. The van der Waals surface area contributed by atoms with Gasteiger partial charge in [0.05, 0.1) is 7.11 Å². The van der Waals surface area contributed by atoms with Crippen LogP contribution in [0, 0.1) is 0 Å². The molecule has 7 nitrogen and oxygen atoms in total. The zero-order valence-electron chi connectivity index (χ0n) is 9.80. The van der Waals surface area contributed by atoms with E-state index in [0.717, 1.165) is 5.56 Å². The van der Waals surface area contributed by atoms with Crippen molar-refractivity contribution in [3.05, 3.63) is 45.9 Å². The minimum Gasteiger partial charge on any atom is -0.496 e. The van der Waals surface area contributed by atoms with E-state index >= 15 is 0 Å². The lowest BCUT2D eigenvalue weighted by Gasteiger charge is -2.06. The van der Waals surface area contributed by atoms with Crippen molar-refractivity contribution in [3.63, 3.8) is 0 Å². The summed E-state index contributed by atoms with van der Waals surface area (Å²) >= 11 is 0. The average Bonchev–Trinajstić information content (AvgIpc) is 2.41. The standard InChI is InChI=1S/C11H13N5O2/c1-18-9-5-3-2-4-7(9)6-8-10(17)13-11(14-12)16-15-8/h2-5H,6,12H2,1H3,(H2,13,14,16,17). The Morgan fingerprint density at radius 3 is 2.83 bits per heavy atom. The van der Waals surface area contributed by atoms with Crippen molar-refractivity contribution >= 4 is 5.95 Å². The molecular formula is C11H13N5O2. The van der Waals surface area contributed by atoms with Gasteiger partial charge in [-0.2, -0.15) is 0 Å². The van der Waals surface area contributed by atoms with Gasteiger partial charge in [-0.1, -0.05) is 18.2 Å². The highest BCUT2D eigenvalue weighted by atomic mass is 16.5. The van der Waals surface area contributed by atoms with Crippen LogP contribution in [0.4, 0.5) is 5.95 Å². The number of nitrogen functional groups attached to an aromatic ring is 1. The summed E-state index contributed by atoms with van der Waals surface area (Å²) in [6.45, 7) is 0. The van der Waals surface area contributed by atoms with Crippen LogP contribution in [0.1, 0.15) is 11.3 Å². The second-order valence-corrected chi connectivity index (χ2v) is 3.58. The summed E-state index contributed by atoms with van der Waals surface area (Å²) in [6, 6.07) is 7.43. The summed E-state index contributed by atoms with van der Waals surface area (Å²) in [5.74, 6) is 5.96. The van der Waals surface area contributed by atoms with Crippen molar-refractivity contribution in [2.45, 2.75) is 6.42 Å². The molecule has 94 valence electrons. The van der Waals surface area contributed by atoms with E-state index in [2.05, 4.69) is 20.6 Å². The van der Waals surface area contributed by atoms with Gasteiger partial charge >= 0.3 is 0 Å². The molecule has 2 aromatic rings. The van der Waals surface area contributed by atoms with Gasteiger partial charge in [-0.3, -0.25) is 15.2 Å². The van der Waals surface area contributed by atoms with E-state index in [1.165, 1.54) is 0 Å². The summed E-state index contributed by atoms with van der Waals surface area (Å²) in [6.07, 6.45) is 0.344. The number of aromatic nitrogens is 3. The summed E-state index contributed by atoms with van der Waals surface area (Å²) in [5.41, 5.74) is 3.07. The maximum atomic E-state index is 11.7. The Morgan fingerprint density at radius 1 is 1.39 bits per heavy atom. The first-order valence-electron chi connectivity index (χ1n) is 5.29. The molecule has 4 N–H and O–H groups in total. The highest BCUT2D eigenvalue weighted by Gasteiger charge is 2.08. The Bertz CT molecular complexity index is 596. The lowest BCUT2D eigenvalue weighted by Crippen LogP contribution is -2.22. The van der Waals surface area contributed by atoms with E-state index in [4.69, 9.17) is 10.6 Å². The number of aromatic amines is 1. The number of rotatable bonds is 4. The van der Waals surface area contributed by atoms with Crippen molar-refractivity contribution in [1.82, 2.24) is 15.2 Å². The molecule has 2 rings (SSSR count). The molecule has 0 bridgehead atoms. The lowest BCUT2D eigenvalue weighted by atomic mass is 10.1. The van der Waals surface area contributed by atoms with Gasteiger partial charge in [0.25, 0.3) is 5.56 Å². The maximum absolute atomic E-state index is 11.7. The van der Waals surface area contributed by atoms with Crippen molar-refractivity contribution in [3.8, 4) is 5.75 Å². The minimum absolute atomic E-state index is 0.128. The zero-order chi connectivity index (χ0) is 13.0. The molecule has 18 heavy (non-hydrogen) atoms. The van der Waals surface area contributed by atoms with Crippen LogP contribution < -0.4 is 21.6 Å². The van der Waals surface area contributed by atoms with Crippen molar-refractivity contribution in [2.24, 2.45) is 5.84 Å². The number of nitrogens with zero attached hydrogens (tertiary/aromatic N) is 2. The molecule has 0 amide bonds. The predicted molar refractivity (Wildman–Crippen MR) is 66.3 cm³/mol. The number of methoxy groups -OCH3 is 1. The lowest BCUT2D eigenvalue weighted by molar-refractivity contribution is 0.410. The quantitative estimate of drug-likeness (QED) is 0.520. The van der Waals surface area contributed by atoms with E-state index < -0.39 is 0 Å². The molecule has 1 aromatic carbocycles. The monoisotopic (exact) mass is 247 g/mol. The number of hydrazine groups is 1. The number of nitrogens with two attached hydrogens (primary N) is 1. The molecule has 0 atom stereocenters. The van der Waals surface area contributed by atoms with Crippen molar-refractivity contribution in [1.29, 1.82) is 0 Å². The van der Waals surface area contributed by atoms with Gasteiger partial charge in [0.15, 0.2) is 0 Å². The molecule has 0 unspecified atom stereocenters. The fraction of sp³-hybridized carbons (Fsp3) is 0.182. The topological polar surface area (TPSA) is 106 Å². The van der Waals surface area contributed by atoms with Gasteiger partial charge in [-0.25, -0.2) is 5.84 Å². The first-order chi connectivity index (χ1) is 8.74. The number of hydrogen-bond donors (Lipinski definition) is 3. The normalized spacial score (nSPS) is 10.1. The Balaban J connectivity index is 2.31. The molecule has 0 saturated heterocycles. The van der Waals surface area contributed by atoms with Gasteiger partial charge in [0.1, 0.15) is 11.4 Å². The van der Waals surface area contributed by atoms with E-state index in [9.17, 15) is 4.79 Å². The highest BCUT2D eigenvalue weighted by molar-refractivity contribution is 5.35. The van der Waals surface area contributed by atoms with Crippen LogP contribution in [0.2, 0.25) is 0 Å². The molecule has 0 saturated carbocycles. The van der Waals surface area contributed by atoms with E-state index in [-0.39, 0.29) is 11.5 Å². The van der Waals surface area contributed by atoms with Crippen LogP contribution in [0.25, 0.3) is 0 Å². The Hall–Kier alpha value is -2.41. The third-order valence-corrected chi connectivity index (χ3v) is 2.45. The summed E-state index contributed by atoms with van der Waals surface area (Å²) < 4.78 is 5.21. The molecule has 0 fully saturated rings. The minimum atomic E-state index is -0.330. The second kappa shape index (κ2) is 5.28. The Morgan fingerprint density at radius 2 is 2.17 bits per heavy atom. The zero-order valence-corrected chi connectivity index (χ0v) is 9.80. The first-order valence-corrected chi connectivity index (χ1v) is 5.29. The number of para-hydroxylation sites is 1. The van der Waals surface area contributed by atoms with Gasteiger partial charge < -0.3 is 4.74 Å². The highest BCUT2D eigenvalue weighted by Crippen LogP contribution is 2.18. The molecule has 0 spiro atoms. The molecule has 0 radical (unpaired) electrons. The third-order valence-electron chi connectivity index (χ3n) is 2.45. The molecule has 0 aliphatic heterocycles. The largest absolute Gasteiger partial charge is 0.496 e. The fourth-order valence-electron chi connectivity index (χ4n) is 1.57. The number of ether oxygens (including phenoxy) is 1. The summed E-state index contributed by atoms with van der Waals surface area (Å²) in [7, 11) is 1.58. The van der Waals surface area contributed by atoms with Gasteiger partial charge in [0, 0.05) is 12.0 Å². The van der Waals surface area contributed by atoms with Crippen LogP contribution >= 0.6 is 0 Å². The van der Waals surface area contributed by atoms with E-state index in [0.29, 0.717) is 17.9 Å². The van der Waals surface area contributed by atoms with Crippen LogP contribution in [0.5, 0.6) is 5.75 Å². The van der Waals surface area contributed by atoms with Gasteiger partial charge in [-0.15, -0.1) is 10.2 Å². The van der Waals surface area contributed by atoms with Gasteiger partial charge in [-0.05, 0) is 6.07 Å². The molecule has 1 heterocycles. The summed E-state index contributed by atoms with van der Waals surface area (Å²) in [5, 5.41) is 7.56. The number of hydrogen-bond acceptors (Lipinski definition) is 6. The van der Waals surface area contributed by atoms with Crippen molar-refractivity contribution < 1.29 is 4.74 Å². The molecule has 7 heteroatoms. The third kappa shape index (κ3) is 2.46. The summed E-state index contributed by atoms with van der Waals surface area (Å²) in [4.78, 5) is 14.2. The maximum Gasteiger partial charge on any atom is 0.274 e. The Kier molecular flexibility index (Phi) is 3.54. The molecule has 1 aromatic heterocycles. The SMILES string of the molecule is COc1ccccc1Cc1nnc(NN)[nH]c1=O. The second-order valence-electron chi connectivity index (χ2n) is 3.58. The Labute approximate surface area is 103 Å². The molecular weight excluding hydrogens is 234 g/mol.